The Balaban J connectivity index is 1.96. The van der Waals surface area contributed by atoms with E-state index >= 15 is 0 Å². The average Bonchev–Trinajstić information content (AvgIpc) is 2.66. The molecule has 0 amide bonds. The van der Waals surface area contributed by atoms with Gasteiger partial charge in [0, 0.05) is 18.7 Å². The summed E-state index contributed by atoms with van der Waals surface area (Å²) in [5.74, 6) is -0.212. The number of likely N-dealkylation sites (N-methyl/N-ethyl adjacent to an activating group) is 1. The Bertz CT molecular complexity index is 662. The zero-order chi connectivity index (χ0) is 19.8. The molecular weight excluding hydrogens is 365 g/mol. The van der Waals surface area contributed by atoms with Crippen LogP contribution in [0.15, 0.2) is 23.3 Å². The number of thiocarbonyl (C=S) groups is 1. The van der Waals surface area contributed by atoms with E-state index in [4.69, 9.17) is 17.0 Å². The van der Waals surface area contributed by atoms with Crippen LogP contribution >= 0.6 is 12.2 Å². The number of rotatable bonds is 7. The van der Waals surface area contributed by atoms with Crippen molar-refractivity contribution in [1.29, 1.82) is 0 Å². The van der Waals surface area contributed by atoms with Gasteiger partial charge in [-0.05, 0) is 45.1 Å². The molecule has 6 nitrogen and oxygen atoms in total. The Kier molecular flexibility index (Phi) is 8.40. The van der Waals surface area contributed by atoms with Gasteiger partial charge in [0.05, 0.1) is 50.7 Å². The summed E-state index contributed by atoms with van der Waals surface area (Å²) in [4.78, 5) is 3.70. The van der Waals surface area contributed by atoms with Gasteiger partial charge in [-0.1, -0.05) is 6.07 Å². The van der Waals surface area contributed by atoms with Crippen LogP contribution in [0.25, 0.3) is 0 Å². The number of halogens is 1. The molecule has 3 N–H and O–H groups in total. The standard InChI is InChI=1S/C19H30FN5OS/c1-5-24-8-10-25(11-9-24)18-7-6-16(12-17(18)20)15(3)22-23-19(27)21-14(2)13-26-4/h6-7,12,14H,5,8-11,13H2,1-4H3,(H2,21,23,27)/p+1/b22-15-/t14-/m0/s1. The first kappa shape index (κ1) is 21.5. The highest BCUT2D eigenvalue weighted by Crippen LogP contribution is 2.21. The Morgan fingerprint density at radius 3 is 2.70 bits per heavy atom. The van der Waals surface area contributed by atoms with Gasteiger partial charge in [0.15, 0.2) is 5.11 Å². The van der Waals surface area contributed by atoms with Crippen LogP contribution in [0.2, 0.25) is 0 Å². The van der Waals surface area contributed by atoms with Crippen molar-refractivity contribution in [2.24, 2.45) is 5.10 Å². The molecule has 1 heterocycles. The second-order valence-corrected chi connectivity index (χ2v) is 7.30. The predicted molar refractivity (Wildman–Crippen MR) is 112 cm³/mol. The number of nitrogens with one attached hydrogen (secondary N) is 3. The number of nitrogens with zero attached hydrogens (tertiary/aromatic N) is 2. The van der Waals surface area contributed by atoms with Gasteiger partial charge in [-0.25, -0.2) is 4.39 Å². The number of hydrazone groups is 1. The second kappa shape index (κ2) is 10.5. The van der Waals surface area contributed by atoms with Gasteiger partial charge in [0.1, 0.15) is 5.82 Å². The monoisotopic (exact) mass is 396 g/mol. The van der Waals surface area contributed by atoms with E-state index in [1.807, 2.05) is 26.0 Å². The maximum Gasteiger partial charge on any atom is 0.187 e. The van der Waals surface area contributed by atoms with Crippen LogP contribution in [0.4, 0.5) is 10.1 Å². The molecule has 1 aliphatic rings. The van der Waals surface area contributed by atoms with E-state index in [1.165, 1.54) is 0 Å². The van der Waals surface area contributed by atoms with Gasteiger partial charge >= 0.3 is 0 Å². The minimum absolute atomic E-state index is 0.0808. The van der Waals surface area contributed by atoms with Gasteiger partial charge in [-0.15, -0.1) is 0 Å². The molecule has 1 saturated heterocycles. The maximum absolute atomic E-state index is 14.7. The van der Waals surface area contributed by atoms with Crippen molar-refractivity contribution < 1.29 is 14.0 Å². The summed E-state index contributed by atoms with van der Waals surface area (Å²) in [5, 5.41) is 7.72. The van der Waals surface area contributed by atoms with E-state index in [2.05, 4.69) is 27.7 Å². The van der Waals surface area contributed by atoms with Crippen molar-refractivity contribution in [2.75, 3.05) is 51.3 Å². The molecule has 8 heteroatoms. The van der Waals surface area contributed by atoms with Crippen LogP contribution in [0, 0.1) is 5.82 Å². The Labute approximate surface area is 166 Å². The third-order valence-electron chi connectivity index (χ3n) is 4.80. The number of benzene rings is 1. The Morgan fingerprint density at radius 1 is 1.41 bits per heavy atom. The maximum atomic E-state index is 14.7. The first-order chi connectivity index (χ1) is 12.9. The first-order valence-electron chi connectivity index (χ1n) is 9.42. The molecular formula is C19H31FN5OS+. The smallest absolute Gasteiger partial charge is 0.187 e. The third-order valence-corrected chi connectivity index (χ3v) is 5.01. The number of ether oxygens (including phenoxy) is 1. The molecule has 0 aliphatic carbocycles. The van der Waals surface area contributed by atoms with Crippen molar-refractivity contribution >= 4 is 28.7 Å². The van der Waals surface area contributed by atoms with E-state index < -0.39 is 0 Å². The summed E-state index contributed by atoms with van der Waals surface area (Å²) in [5.41, 5.74) is 4.86. The van der Waals surface area contributed by atoms with E-state index in [1.54, 1.807) is 18.1 Å². The zero-order valence-corrected chi connectivity index (χ0v) is 17.5. The largest absolute Gasteiger partial charge is 0.383 e. The molecule has 1 fully saturated rings. The van der Waals surface area contributed by atoms with E-state index in [0.717, 1.165) is 38.3 Å². The van der Waals surface area contributed by atoms with Gasteiger partial charge in [0.25, 0.3) is 0 Å². The van der Waals surface area contributed by atoms with Crippen LogP contribution in [0.1, 0.15) is 26.3 Å². The molecule has 2 rings (SSSR count). The van der Waals surface area contributed by atoms with Crippen molar-refractivity contribution in [3.63, 3.8) is 0 Å². The predicted octanol–water partition coefficient (Wildman–Crippen LogP) is 0.774. The summed E-state index contributed by atoms with van der Waals surface area (Å²) >= 11 is 5.20. The number of hydrogen-bond acceptors (Lipinski definition) is 4. The fourth-order valence-electron chi connectivity index (χ4n) is 3.15. The van der Waals surface area contributed by atoms with Gasteiger partial charge in [-0.3, -0.25) is 5.43 Å². The second-order valence-electron chi connectivity index (χ2n) is 6.90. The number of hydrogen-bond donors (Lipinski definition) is 3. The minimum atomic E-state index is -0.212. The number of anilines is 1. The lowest BCUT2D eigenvalue weighted by molar-refractivity contribution is -0.898. The number of quaternary nitrogens is 1. The van der Waals surface area contributed by atoms with Gasteiger partial charge in [-0.2, -0.15) is 5.10 Å². The zero-order valence-electron chi connectivity index (χ0n) is 16.6. The van der Waals surface area contributed by atoms with Crippen LogP contribution in [-0.4, -0.2) is 63.3 Å². The van der Waals surface area contributed by atoms with Crippen molar-refractivity contribution in [3.05, 3.63) is 29.6 Å². The van der Waals surface area contributed by atoms with Crippen LogP contribution in [0.5, 0.6) is 0 Å². The van der Waals surface area contributed by atoms with E-state index in [-0.39, 0.29) is 11.9 Å². The van der Waals surface area contributed by atoms with Crippen molar-refractivity contribution in [3.8, 4) is 0 Å². The highest BCUT2D eigenvalue weighted by Gasteiger charge is 2.21. The summed E-state index contributed by atoms with van der Waals surface area (Å²) in [6.45, 7) is 11.5. The van der Waals surface area contributed by atoms with Gasteiger partial charge in [0.2, 0.25) is 0 Å². The molecule has 0 bridgehead atoms. The Hall–Kier alpha value is -1.77. The molecule has 0 saturated carbocycles. The topological polar surface area (TPSA) is 53.3 Å². The van der Waals surface area contributed by atoms with Crippen LogP contribution in [0.3, 0.4) is 0 Å². The lowest BCUT2D eigenvalue weighted by Gasteiger charge is -2.33. The molecule has 0 unspecified atom stereocenters. The molecule has 1 atom stereocenters. The molecule has 0 aromatic heterocycles. The quantitative estimate of drug-likeness (QED) is 0.361. The van der Waals surface area contributed by atoms with Crippen LogP contribution in [-0.2, 0) is 4.74 Å². The molecule has 1 aromatic rings. The lowest BCUT2D eigenvalue weighted by Crippen LogP contribution is -3.14. The highest BCUT2D eigenvalue weighted by atomic mass is 32.1. The third kappa shape index (κ3) is 6.41. The van der Waals surface area contributed by atoms with Crippen molar-refractivity contribution in [2.45, 2.75) is 26.8 Å². The summed E-state index contributed by atoms with van der Waals surface area (Å²) in [7, 11) is 1.64. The highest BCUT2D eigenvalue weighted by molar-refractivity contribution is 7.80. The van der Waals surface area contributed by atoms with Crippen molar-refractivity contribution in [1.82, 2.24) is 10.7 Å². The summed E-state index contributed by atoms with van der Waals surface area (Å²) in [6.07, 6.45) is 0. The molecule has 0 spiro atoms. The minimum Gasteiger partial charge on any atom is -0.383 e. The molecule has 27 heavy (non-hydrogen) atoms. The van der Waals surface area contributed by atoms with Gasteiger partial charge < -0.3 is 19.9 Å². The summed E-state index contributed by atoms with van der Waals surface area (Å²) < 4.78 is 19.7. The van der Waals surface area contributed by atoms with E-state index in [9.17, 15) is 4.39 Å². The summed E-state index contributed by atoms with van der Waals surface area (Å²) in [6, 6.07) is 5.37. The number of piperazine rings is 1. The molecule has 150 valence electrons. The fraction of sp³-hybridized carbons (Fsp3) is 0.579. The first-order valence-corrected chi connectivity index (χ1v) is 9.83. The molecule has 0 radical (unpaired) electrons. The average molecular weight is 397 g/mol. The fourth-order valence-corrected chi connectivity index (χ4v) is 3.40. The lowest BCUT2D eigenvalue weighted by atomic mass is 10.1. The normalized spacial score (nSPS) is 16.9. The molecule has 1 aliphatic heterocycles. The Morgan fingerprint density at radius 2 is 2.11 bits per heavy atom. The number of methoxy groups -OCH3 is 1. The van der Waals surface area contributed by atoms with Crippen LogP contribution < -0.4 is 20.5 Å². The molecule has 1 aromatic carbocycles. The van der Waals surface area contributed by atoms with E-state index in [0.29, 0.717) is 23.1 Å². The SMILES string of the molecule is CC[NH+]1CCN(c2ccc(/C(C)=N\NC(=S)N[C@@H](C)COC)cc2F)CC1.